The van der Waals surface area contributed by atoms with Crippen LogP contribution in [-0.2, 0) is 19.1 Å². The fraction of sp³-hybridized carbons (Fsp3) is 0.833. The molecule has 1 heterocycles. The van der Waals surface area contributed by atoms with E-state index in [-0.39, 0.29) is 29.8 Å². The summed E-state index contributed by atoms with van der Waals surface area (Å²) in [5.41, 5.74) is -4.00. The summed E-state index contributed by atoms with van der Waals surface area (Å²) in [6.45, 7) is 7.38. The zero-order valence-electron chi connectivity index (χ0n) is 18.7. The first-order valence-corrected chi connectivity index (χ1v) is 12.0. The molecule has 1 N–H and O–H groups in total. The maximum absolute atomic E-state index is 17.2. The lowest BCUT2D eigenvalue weighted by Crippen LogP contribution is -2.70. The molecule has 0 amide bonds. The van der Waals surface area contributed by atoms with Gasteiger partial charge in [0.1, 0.15) is 5.67 Å². The molecule has 4 fully saturated rings. The van der Waals surface area contributed by atoms with E-state index >= 15 is 4.39 Å². The van der Waals surface area contributed by atoms with E-state index < -0.39 is 46.0 Å². The van der Waals surface area contributed by atoms with Crippen LogP contribution in [-0.4, -0.2) is 51.8 Å². The first-order valence-electron chi connectivity index (χ1n) is 11.4. The Morgan fingerprint density at radius 3 is 2.65 bits per heavy atom. The van der Waals surface area contributed by atoms with Crippen LogP contribution in [0.2, 0.25) is 0 Å². The fourth-order valence-electron chi connectivity index (χ4n) is 8.27. The summed E-state index contributed by atoms with van der Waals surface area (Å²) in [7, 11) is 0. The Kier molecular flexibility index (Phi) is 4.54. The van der Waals surface area contributed by atoms with Gasteiger partial charge in [-0.3, -0.25) is 9.59 Å². The maximum atomic E-state index is 17.2. The number of fused-ring (bicyclic) bond motifs is 7. The highest BCUT2D eigenvalue weighted by Gasteiger charge is 2.80. The highest BCUT2D eigenvalue weighted by atomic mass is 35.5. The van der Waals surface area contributed by atoms with E-state index in [0.717, 1.165) is 5.57 Å². The molecule has 0 unspecified atom stereocenters. The van der Waals surface area contributed by atoms with E-state index in [4.69, 9.17) is 21.1 Å². The Hall–Kier alpha value is -0.820. The van der Waals surface area contributed by atoms with Crippen LogP contribution in [0, 0.1) is 22.7 Å². The van der Waals surface area contributed by atoms with E-state index in [2.05, 4.69) is 0 Å². The first kappa shape index (κ1) is 22.0. The largest absolute Gasteiger partial charge is 0.390 e. The van der Waals surface area contributed by atoms with Gasteiger partial charge in [0.2, 0.25) is 0 Å². The molecule has 0 aromatic heterocycles. The molecule has 0 bridgehead atoms. The normalized spacial score (nSPS) is 52.6. The minimum atomic E-state index is -1.86. The van der Waals surface area contributed by atoms with Crippen molar-refractivity contribution in [3.63, 3.8) is 0 Å². The van der Waals surface area contributed by atoms with Crippen LogP contribution < -0.4 is 0 Å². The molecular formula is C24H32ClFO5. The van der Waals surface area contributed by atoms with Crippen LogP contribution in [0.25, 0.3) is 0 Å². The second-order valence-electron chi connectivity index (χ2n) is 11.3. The van der Waals surface area contributed by atoms with Crippen LogP contribution >= 0.6 is 11.6 Å². The van der Waals surface area contributed by atoms with Crippen LogP contribution in [0.4, 0.5) is 4.39 Å². The number of hydrogen-bond donors (Lipinski definition) is 1. The average Bonchev–Trinajstić information content (AvgIpc) is 3.09. The van der Waals surface area contributed by atoms with Gasteiger partial charge in [-0.1, -0.05) is 19.4 Å². The molecule has 1 saturated heterocycles. The summed E-state index contributed by atoms with van der Waals surface area (Å²) in [5, 5.41) is 11.4. The van der Waals surface area contributed by atoms with Crippen molar-refractivity contribution in [3.05, 3.63) is 11.6 Å². The van der Waals surface area contributed by atoms with Crippen molar-refractivity contribution < 1.29 is 28.6 Å². The van der Waals surface area contributed by atoms with Gasteiger partial charge in [-0.25, -0.2) is 4.39 Å². The quantitative estimate of drug-likeness (QED) is 0.641. The summed E-state index contributed by atoms with van der Waals surface area (Å²) < 4.78 is 29.7. The van der Waals surface area contributed by atoms with E-state index in [1.165, 1.54) is 0 Å². The van der Waals surface area contributed by atoms with Gasteiger partial charge in [-0.15, -0.1) is 11.6 Å². The van der Waals surface area contributed by atoms with Crippen LogP contribution in [0.1, 0.15) is 66.2 Å². The maximum Gasteiger partial charge on any atom is 0.182 e. The number of alkyl halides is 2. The number of Topliss-reactive ketones (excluding diaryl/α,β-unsaturated/α-hetero) is 1. The highest BCUT2D eigenvalue weighted by Crippen LogP contribution is 2.72. The SMILES string of the molecule is CC1(C)O[C@@H]2C[C@@H]3[C@H]4CCC5=CC(=O)CC[C@]5(C)[C@]4(F)[C@@H](O)C[C@@]3(C)[C@@]2(C(=O)CCl)O1. The Morgan fingerprint density at radius 1 is 1.26 bits per heavy atom. The monoisotopic (exact) mass is 454 g/mol. The lowest BCUT2D eigenvalue weighted by atomic mass is 9.44. The second kappa shape index (κ2) is 6.40. The molecule has 5 rings (SSSR count). The number of carbonyl (C=O) groups is 2. The summed E-state index contributed by atoms with van der Waals surface area (Å²) in [5.74, 6) is -2.02. The molecule has 4 aliphatic carbocycles. The van der Waals surface area contributed by atoms with Gasteiger partial charge in [0, 0.05) is 23.2 Å². The Balaban J connectivity index is 1.63. The molecule has 172 valence electrons. The number of allylic oxidation sites excluding steroid dienone is 1. The van der Waals surface area contributed by atoms with Crippen molar-refractivity contribution in [2.75, 3.05) is 5.88 Å². The van der Waals surface area contributed by atoms with Crippen LogP contribution in [0.15, 0.2) is 11.6 Å². The zero-order chi connectivity index (χ0) is 22.6. The molecular weight excluding hydrogens is 423 g/mol. The number of aliphatic hydroxyl groups is 1. The molecule has 5 aliphatic rings. The highest BCUT2D eigenvalue weighted by molar-refractivity contribution is 6.29. The van der Waals surface area contributed by atoms with Crippen molar-refractivity contribution in [2.45, 2.75) is 95.5 Å². The van der Waals surface area contributed by atoms with Crippen LogP contribution in [0.3, 0.4) is 0 Å². The van der Waals surface area contributed by atoms with Crippen molar-refractivity contribution >= 4 is 23.2 Å². The molecule has 0 spiro atoms. The van der Waals surface area contributed by atoms with E-state index in [9.17, 15) is 14.7 Å². The first-order chi connectivity index (χ1) is 14.4. The molecule has 8 atom stereocenters. The van der Waals surface area contributed by atoms with Gasteiger partial charge in [0.25, 0.3) is 0 Å². The smallest absolute Gasteiger partial charge is 0.182 e. The van der Waals surface area contributed by atoms with Crippen molar-refractivity contribution in [2.24, 2.45) is 22.7 Å². The summed E-state index contributed by atoms with van der Waals surface area (Å²) >= 11 is 6.05. The number of hydrogen-bond acceptors (Lipinski definition) is 5. The van der Waals surface area contributed by atoms with Crippen molar-refractivity contribution in [1.82, 2.24) is 0 Å². The Bertz CT molecular complexity index is 887. The average molecular weight is 455 g/mol. The van der Waals surface area contributed by atoms with E-state index in [1.807, 2.05) is 13.8 Å². The molecule has 3 saturated carbocycles. The summed E-state index contributed by atoms with van der Waals surface area (Å²) in [6, 6.07) is 0. The van der Waals surface area contributed by atoms with E-state index in [0.29, 0.717) is 32.1 Å². The van der Waals surface area contributed by atoms with Crippen LogP contribution in [0.5, 0.6) is 0 Å². The van der Waals surface area contributed by atoms with E-state index in [1.54, 1.807) is 19.9 Å². The molecule has 5 nitrogen and oxygen atoms in total. The number of halogens is 2. The van der Waals surface area contributed by atoms with Gasteiger partial charge in [0.05, 0.1) is 18.1 Å². The van der Waals surface area contributed by atoms with Gasteiger partial charge in [-0.2, -0.15) is 0 Å². The number of rotatable bonds is 2. The van der Waals surface area contributed by atoms with Gasteiger partial charge in [-0.05, 0) is 57.9 Å². The standard InChI is InChI=1S/C24H32ClFO5/c1-20(2)30-19-10-16-15-6-5-13-9-14(27)7-8-21(13,3)23(15,26)17(28)11-22(16,4)24(19,31-20)18(29)12-25/h9,15-17,19,28H,5-8,10-12H2,1-4H3/t15-,16-,17+,19-,21+,22-,23-,24+/m1/s1. The number of ether oxygens (including phenoxy) is 2. The lowest BCUT2D eigenvalue weighted by Gasteiger charge is -2.63. The predicted molar refractivity (Wildman–Crippen MR) is 112 cm³/mol. The second-order valence-corrected chi connectivity index (χ2v) is 11.5. The molecule has 0 radical (unpaired) electrons. The van der Waals surface area contributed by atoms with Gasteiger partial charge >= 0.3 is 0 Å². The van der Waals surface area contributed by atoms with Gasteiger partial charge in [0.15, 0.2) is 23.0 Å². The molecule has 31 heavy (non-hydrogen) atoms. The molecule has 7 heteroatoms. The topological polar surface area (TPSA) is 72.8 Å². The lowest BCUT2D eigenvalue weighted by molar-refractivity contribution is -0.250. The predicted octanol–water partition coefficient (Wildman–Crippen LogP) is 3.89. The third-order valence-corrected chi connectivity index (χ3v) is 9.81. The Morgan fingerprint density at radius 2 is 1.97 bits per heavy atom. The number of carbonyl (C=O) groups excluding carboxylic acids is 2. The molecule has 0 aromatic carbocycles. The minimum Gasteiger partial charge on any atom is -0.390 e. The fourth-order valence-corrected chi connectivity index (χ4v) is 8.47. The minimum absolute atomic E-state index is 0.0377. The third-order valence-electron chi connectivity index (χ3n) is 9.57. The Labute approximate surface area is 187 Å². The summed E-state index contributed by atoms with van der Waals surface area (Å²) in [4.78, 5) is 25.3. The molecule has 1 aliphatic heterocycles. The van der Waals surface area contributed by atoms with Crippen molar-refractivity contribution in [3.8, 4) is 0 Å². The van der Waals surface area contributed by atoms with Gasteiger partial charge < -0.3 is 14.6 Å². The number of aliphatic hydroxyl groups excluding tert-OH is 1. The molecule has 0 aromatic rings. The number of ketones is 2. The summed E-state index contributed by atoms with van der Waals surface area (Å²) in [6.07, 6.45) is 2.28. The third kappa shape index (κ3) is 2.43. The van der Waals surface area contributed by atoms with Crippen molar-refractivity contribution in [1.29, 1.82) is 0 Å². The zero-order valence-corrected chi connectivity index (χ0v) is 19.4.